The molecule has 0 spiro atoms. The molecule has 1 aromatic carbocycles. The number of benzene rings is 1. The van der Waals surface area contributed by atoms with E-state index in [1.54, 1.807) is 12.1 Å². The van der Waals surface area contributed by atoms with E-state index in [-0.39, 0.29) is 11.8 Å². The summed E-state index contributed by atoms with van der Waals surface area (Å²) in [5.41, 5.74) is 6.77. The molecule has 1 fully saturated rings. The zero-order valence-corrected chi connectivity index (χ0v) is 11.5. The zero-order chi connectivity index (χ0) is 13.1. The van der Waals surface area contributed by atoms with Crippen molar-refractivity contribution >= 4 is 11.6 Å². The summed E-state index contributed by atoms with van der Waals surface area (Å²) in [4.78, 5) is 2.38. The Kier molecular flexibility index (Phi) is 4.49. The van der Waals surface area contributed by atoms with Crippen molar-refractivity contribution in [3.63, 3.8) is 0 Å². The molecule has 3 nitrogen and oxygen atoms in total. The van der Waals surface area contributed by atoms with Gasteiger partial charge in [0.1, 0.15) is 5.75 Å². The number of aromatic hydroxyl groups is 1. The van der Waals surface area contributed by atoms with E-state index in [2.05, 4.69) is 11.8 Å². The highest BCUT2D eigenvalue weighted by Crippen LogP contribution is 2.34. The van der Waals surface area contributed by atoms with Crippen molar-refractivity contribution in [1.29, 1.82) is 0 Å². The molecular weight excluding hydrogens is 248 g/mol. The van der Waals surface area contributed by atoms with Crippen LogP contribution in [-0.4, -0.2) is 29.1 Å². The molecular formula is C14H21ClN2O. The lowest BCUT2D eigenvalue weighted by atomic mass is 9.96. The molecule has 100 valence electrons. The minimum Gasteiger partial charge on any atom is -0.508 e. The van der Waals surface area contributed by atoms with E-state index < -0.39 is 0 Å². The maximum Gasteiger partial charge on any atom is 0.120 e. The summed E-state index contributed by atoms with van der Waals surface area (Å²) in [7, 11) is 0. The molecule has 0 amide bonds. The topological polar surface area (TPSA) is 49.5 Å². The van der Waals surface area contributed by atoms with Gasteiger partial charge in [-0.2, -0.15) is 0 Å². The number of phenols is 1. The van der Waals surface area contributed by atoms with Gasteiger partial charge in [-0.25, -0.2) is 0 Å². The van der Waals surface area contributed by atoms with Gasteiger partial charge in [-0.3, -0.25) is 4.90 Å². The van der Waals surface area contributed by atoms with Gasteiger partial charge >= 0.3 is 0 Å². The van der Waals surface area contributed by atoms with Crippen molar-refractivity contribution in [3.8, 4) is 5.75 Å². The fraction of sp³-hybridized carbons (Fsp3) is 0.571. The monoisotopic (exact) mass is 268 g/mol. The third-order valence-electron chi connectivity index (χ3n) is 3.83. The maximum atomic E-state index is 10.0. The molecule has 1 heterocycles. The van der Waals surface area contributed by atoms with Crippen LogP contribution in [0.3, 0.4) is 0 Å². The van der Waals surface area contributed by atoms with Crippen molar-refractivity contribution in [2.75, 3.05) is 13.1 Å². The molecule has 2 rings (SSSR count). The predicted molar refractivity (Wildman–Crippen MR) is 74.9 cm³/mol. The molecule has 1 aromatic rings. The predicted octanol–water partition coefficient (Wildman–Crippen LogP) is 2.92. The van der Waals surface area contributed by atoms with Gasteiger partial charge in [0.05, 0.1) is 6.04 Å². The molecule has 1 saturated heterocycles. The van der Waals surface area contributed by atoms with Crippen molar-refractivity contribution in [2.24, 2.45) is 5.73 Å². The molecule has 0 saturated carbocycles. The number of piperidine rings is 1. The standard InChI is InChI=1S/C14H21ClN2O/c1-10-4-2-3-7-17(10)13(9-16)12-8-11(15)5-6-14(12)18/h5-6,8,10,13,18H,2-4,7,9,16H2,1H3. The van der Waals surface area contributed by atoms with Crippen LogP contribution in [0.5, 0.6) is 5.75 Å². The summed E-state index contributed by atoms with van der Waals surface area (Å²) < 4.78 is 0. The van der Waals surface area contributed by atoms with Gasteiger partial charge in [0.15, 0.2) is 0 Å². The normalized spacial score (nSPS) is 22.9. The van der Waals surface area contributed by atoms with Gasteiger partial charge in [-0.1, -0.05) is 18.0 Å². The van der Waals surface area contributed by atoms with Gasteiger partial charge in [-0.15, -0.1) is 0 Å². The summed E-state index contributed by atoms with van der Waals surface area (Å²) >= 11 is 6.02. The Bertz CT molecular complexity index is 411. The first-order chi connectivity index (χ1) is 8.63. The maximum absolute atomic E-state index is 10.0. The number of hydrogen-bond acceptors (Lipinski definition) is 3. The van der Waals surface area contributed by atoms with Crippen LogP contribution < -0.4 is 5.73 Å². The van der Waals surface area contributed by atoms with Gasteiger partial charge in [0.25, 0.3) is 0 Å². The Labute approximate surface area is 114 Å². The van der Waals surface area contributed by atoms with Crippen molar-refractivity contribution in [3.05, 3.63) is 28.8 Å². The molecule has 0 radical (unpaired) electrons. The van der Waals surface area contributed by atoms with E-state index in [9.17, 15) is 5.11 Å². The smallest absolute Gasteiger partial charge is 0.120 e. The molecule has 1 aliphatic rings. The van der Waals surface area contributed by atoms with Crippen LogP contribution >= 0.6 is 11.6 Å². The van der Waals surface area contributed by atoms with Crippen LogP contribution in [0.25, 0.3) is 0 Å². The van der Waals surface area contributed by atoms with Crippen LogP contribution in [-0.2, 0) is 0 Å². The molecule has 3 N–H and O–H groups in total. The van der Waals surface area contributed by atoms with E-state index in [1.807, 2.05) is 6.07 Å². The second kappa shape index (κ2) is 5.91. The third kappa shape index (κ3) is 2.79. The fourth-order valence-electron chi connectivity index (χ4n) is 2.82. The third-order valence-corrected chi connectivity index (χ3v) is 4.06. The van der Waals surface area contributed by atoms with Gasteiger partial charge in [0.2, 0.25) is 0 Å². The van der Waals surface area contributed by atoms with Crippen molar-refractivity contribution in [2.45, 2.75) is 38.3 Å². The second-order valence-electron chi connectivity index (χ2n) is 5.04. The summed E-state index contributed by atoms with van der Waals surface area (Å²) in [6, 6.07) is 5.74. The second-order valence-corrected chi connectivity index (χ2v) is 5.47. The molecule has 0 aromatic heterocycles. The summed E-state index contributed by atoms with van der Waals surface area (Å²) in [6.07, 6.45) is 3.66. The average molecular weight is 269 g/mol. The Morgan fingerprint density at radius 3 is 2.94 bits per heavy atom. The summed E-state index contributed by atoms with van der Waals surface area (Å²) in [6.45, 7) is 3.76. The molecule has 1 aliphatic heterocycles. The lowest BCUT2D eigenvalue weighted by Crippen LogP contribution is -2.43. The lowest BCUT2D eigenvalue weighted by molar-refractivity contribution is 0.107. The highest BCUT2D eigenvalue weighted by molar-refractivity contribution is 6.30. The largest absolute Gasteiger partial charge is 0.508 e. The highest BCUT2D eigenvalue weighted by atomic mass is 35.5. The lowest BCUT2D eigenvalue weighted by Gasteiger charge is -2.39. The Hall–Kier alpha value is -0.770. The van der Waals surface area contributed by atoms with Crippen LogP contribution in [0, 0.1) is 0 Å². The minimum absolute atomic E-state index is 0.0546. The van der Waals surface area contributed by atoms with Gasteiger partial charge < -0.3 is 10.8 Å². The van der Waals surface area contributed by atoms with Crippen LogP contribution in [0.15, 0.2) is 18.2 Å². The first-order valence-electron chi connectivity index (χ1n) is 6.57. The number of nitrogens with zero attached hydrogens (tertiary/aromatic N) is 1. The highest BCUT2D eigenvalue weighted by Gasteiger charge is 2.27. The number of likely N-dealkylation sites (tertiary alicyclic amines) is 1. The number of hydrogen-bond donors (Lipinski definition) is 2. The molecule has 4 heteroatoms. The van der Waals surface area contributed by atoms with Crippen LogP contribution in [0.2, 0.25) is 5.02 Å². The van der Waals surface area contributed by atoms with Crippen LogP contribution in [0.4, 0.5) is 0 Å². The summed E-state index contributed by atoms with van der Waals surface area (Å²) in [5.74, 6) is 0.285. The van der Waals surface area contributed by atoms with Gasteiger partial charge in [-0.05, 0) is 44.5 Å². The average Bonchev–Trinajstić information content (AvgIpc) is 2.36. The molecule has 0 bridgehead atoms. The Morgan fingerprint density at radius 1 is 1.50 bits per heavy atom. The molecule has 18 heavy (non-hydrogen) atoms. The van der Waals surface area contributed by atoms with E-state index >= 15 is 0 Å². The number of phenolic OH excluding ortho intramolecular Hbond substituents is 1. The van der Waals surface area contributed by atoms with E-state index in [4.69, 9.17) is 17.3 Å². The van der Waals surface area contributed by atoms with E-state index in [0.29, 0.717) is 17.6 Å². The first kappa shape index (κ1) is 13.7. The number of halogens is 1. The quantitative estimate of drug-likeness (QED) is 0.886. The zero-order valence-electron chi connectivity index (χ0n) is 10.8. The van der Waals surface area contributed by atoms with E-state index in [0.717, 1.165) is 12.1 Å². The van der Waals surface area contributed by atoms with Crippen LogP contribution in [0.1, 0.15) is 37.8 Å². The fourth-order valence-corrected chi connectivity index (χ4v) is 3.00. The Balaban J connectivity index is 2.29. The molecule has 2 atom stereocenters. The first-order valence-corrected chi connectivity index (χ1v) is 6.95. The van der Waals surface area contributed by atoms with E-state index in [1.165, 1.54) is 19.3 Å². The Morgan fingerprint density at radius 2 is 2.28 bits per heavy atom. The van der Waals surface area contributed by atoms with Crippen molar-refractivity contribution < 1.29 is 5.11 Å². The SMILES string of the molecule is CC1CCCCN1C(CN)c1cc(Cl)ccc1O. The van der Waals surface area contributed by atoms with Crippen molar-refractivity contribution in [1.82, 2.24) is 4.90 Å². The molecule has 0 aliphatic carbocycles. The minimum atomic E-state index is 0.0546. The number of nitrogens with two attached hydrogens (primary N) is 1. The summed E-state index contributed by atoms with van der Waals surface area (Å²) in [5, 5.41) is 10.7. The van der Waals surface area contributed by atoms with Gasteiger partial charge in [0, 0.05) is 23.2 Å². The number of rotatable bonds is 3. The molecule has 2 unspecified atom stereocenters.